The van der Waals surface area contributed by atoms with Gasteiger partial charge < -0.3 is 9.47 Å². The molecule has 0 spiro atoms. The van der Waals surface area contributed by atoms with E-state index in [2.05, 4.69) is 9.72 Å². The molecule has 0 unspecified atom stereocenters. The summed E-state index contributed by atoms with van der Waals surface area (Å²) >= 11 is 0. The Morgan fingerprint density at radius 3 is 2.50 bits per heavy atom. The Labute approximate surface area is 70.1 Å². The maximum absolute atomic E-state index is 13.2. The second kappa shape index (κ2) is 3.38. The van der Waals surface area contributed by atoms with Crippen LogP contribution in [0.5, 0.6) is 11.6 Å². The van der Waals surface area contributed by atoms with E-state index in [0.717, 1.165) is 0 Å². The average molecular weight is 171 g/mol. The Kier molecular flexibility index (Phi) is 2.47. The molecule has 0 amide bonds. The van der Waals surface area contributed by atoms with Crippen LogP contribution in [-0.4, -0.2) is 19.2 Å². The van der Waals surface area contributed by atoms with Crippen molar-refractivity contribution in [1.29, 1.82) is 0 Å². The minimum Gasteiger partial charge on any atom is -0.495 e. The Hall–Kier alpha value is -1.32. The van der Waals surface area contributed by atoms with E-state index in [9.17, 15) is 4.39 Å². The van der Waals surface area contributed by atoms with Crippen molar-refractivity contribution >= 4 is 0 Å². The zero-order valence-corrected chi connectivity index (χ0v) is 7.22. The molecular formula is C8H10FNO2. The van der Waals surface area contributed by atoms with Gasteiger partial charge in [-0.25, -0.2) is 9.37 Å². The second-order valence-corrected chi connectivity index (χ2v) is 2.27. The summed E-state index contributed by atoms with van der Waals surface area (Å²) in [6, 6.07) is 0. The van der Waals surface area contributed by atoms with Gasteiger partial charge in [0.2, 0.25) is 0 Å². The first-order valence-electron chi connectivity index (χ1n) is 3.43. The summed E-state index contributed by atoms with van der Waals surface area (Å²) in [6.45, 7) is 1.61. The van der Waals surface area contributed by atoms with Gasteiger partial charge in [0.05, 0.1) is 20.4 Å². The minimum atomic E-state index is -0.475. The van der Waals surface area contributed by atoms with Crippen molar-refractivity contribution in [2.24, 2.45) is 0 Å². The fourth-order valence-corrected chi connectivity index (χ4v) is 0.887. The highest BCUT2D eigenvalue weighted by Crippen LogP contribution is 2.24. The molecule has 0 bridgehead atoms. The van der Waals surface area contributed by atoms with Gasteiger partial charge in [-0.1, -0.05) is 0 Å². The number of hydrogen-bond donors (Lipinski definition) is 0. The van der Waals surface area contributed by atoms with Gasteiger partial charge in [-0.3, -0.25) is 0 Å². The molecule has 0 fully saturated rings. The predicted molar refractivity (Wildman–Crippen MR) is 42.0 cm³/mol. The third-order valence-electron chi connectivity index (χ3n) is 1.60. The van der Waals surface area contributed by atoms with Crippen molar-refractivity contribution in [1.82, 2.24) is 4.98 Å². The van der Waals surface area contributed by atoms with E-state index < -0.39 is 5.82 Å². The number of ether oxygens (including phenoxy) is 2. The Bertz CT molecular complexity index is 260. The molecule has 0 atom stereocenters. The molecule has 0 saturated carbocycles. The molecule has 4 heteroatoms. The van der Waals surface area contributed by atoms with Gasteiger partial charge in [0.25, 0.3) is 5.88 Å². The van der Waals surface area contributed by atoms with E-state index in [1.54, 1.807) is 6.92 Å². The molecular weight excluding hydrogens is 161 g/mol. The van der Waals surface area contributed by atoms with Gasteiger partial charge in [-0.15, -0.1) is 0 Å². The standard InChI is InChI=1S/C8H10FNO2/c1-5-6(11-2)4-10-8(12-3)7(5)9/h4H,1-3H3. The Morgan fingerprint density at radius 2 is 2.00 bits per heavy atom. The maximum atomic E-state index is 13.2. The predicted octanol–water partition coefficient (Wildman–Crippen LogP) is 1.55. The van der Waals surface area contributed by atoms with Crippen LogP contribution in [0.2, 0.25) is 0 Å². The summed E-state index contributed by atoms with van der Waals surface area (Å²) in [5.41, 5.74) is 0.407. The SMILES string of the molecule is COc1cnc(OC)c(F)c1C. The highest BCUT2D eigenvalue weighted by atomic mass is 19.1. The molecule has 1 rings (SSSR count). The summed E-state index contributed by atoms with van der Waals surface area (Å²) in [5.74, 6) is -0.0570. The number of methoxy groups -OCH3 is 2. The van der Waals surface area contributed by atoms with E-state index in [1.807, 2.05) is 0 Å². The van der Waals surface area contributed by atoms with Crippen molar-refractivity contribution in [2.45, 2.75) is 6.92 Å². The number of rotatable bonds is 2. The fourth-order valence-electron chi connectivity index (χ4n) is 0.887. The number of pyridine rings is 1. The van der Waals surface area contributed by atoms with Crippen molar-refractivity contribution in [3.63, 3.8) is 0 Å². The van der Waals surface area contributed by atoms with Crippen LogP contribution in [0.3, 0.4) is 0 Å². The molecule has 1 aromatic rings. The summed E-state index contributed by atoms with van der Waals surface area (Å²) < 4.78 is 22.7. The van der Waals surface area contributed by atoms with Crippen LogP contribution < -0.4 is 9.47 Å². The molecule has 12 heavy (non-hydrogen) atoms. The van der Waals surface area contributed by atoms with E-state index in [0.29, 0.717) is 11.3 Å². The molecule has 66 valence electrons. The molecule has 0 aromatic carbocycles. The van der Waals surface area contributed by atoms with Crippen molar-refractivity contribution in [3.05, 3.63) is 17.6 Å². The molecule has 0 N–H and O–H groups in total. The van der Waals surface area contributed by atoms with Crippen LogP contribution >= 0.6 is 0 Å². The van der Waals surface area contributed by atoms with Crippen LogP contribution in [0, 0.1) is 12.7 Å². The van der Waals surface area contributed by atoms with E-state index in [4.69, 9.17) is 4.74 Å². The lowest BCUT2D eigenvalue weighted by molar-refractivity contribution is 0.356. The van der Waals surface area contributed by atoms with E-state index in [-0.39, 0.29) is 5.88 Å². The van der Waals surface area contributed by atoms with Gasteiger partial charge in [0, 0.05) is 5.56 Å². The summed E-state index contributed by atoms with van der Waals surface area (Å²) in [6.07, 6.45) is 1.43. The minimum absolute atomic E-state index is 0.00620. The quantitative estimate of drug-likeness (QED) is 0.676. The van der Waals surface area contributed by atoms with Gasteiger partial charge >= 0.3 is 0 Å². The first-order chi connectivity index (χ1) is 5.70. The third-order valence-corrected chi connectivity index (χ3v) is 1.60. The summed E-state index contributed by atoms with van der Waals surface area (Å²) in [5, 5.41) is 0. The fraction of sp³-hybridized carbons (Fsp3) is 0.375. The largest absolute Gasteiger partial charge is 0.495 e. The molecule has 0 radical (unpaired) electrons. The molecule has 0 aliphatic carbocycles. The number of nitrogens with zero attached hydrogens (tertiary/aromatic N) is 1. The Balaban J connectivity index is 3.20. The second-order valence-electron chi connectivity index (χ2n) is 2.27. The monoisotopic (exact) mass is 171 g/mol. The van der Waals surface area contributed by atoms with Crippen LogP contribution in [0.25, 0.3) is 0 Å². The maximum Gasteiger partial charge on any atom is 0.250 e. The highest BCUT2D eigenvalue weighted by Gasteiger charge is 2.11. The van der Waals surface area contributed by atoms with Gasteiger partial charge in [-0.05, 0) is 6.92 Å². The van der Waals surface area contributed by atoms with Crippen LogP contribution in [-0.2, 0) is 0 Å². The van der Waals surface area contributed by atoms with Crippen molar-refractivity contribution in [2.75, 3.05) is 14.2 Å². The Morgan fingerprint density at radius 1 is 1.33 bits per heavy atom. The van der Waals surface area contributed by atoms with Gasteiger partial charge in [0.15, 0.2) is 5.82 Å². The lowest BCUT2D eigenvalue weighted by Gasteiger charge is -2.06. The van der Waals surface area contributed by atoms with Gasteiger partial charge in [0.1, 0.15) is 5.75 Å². The molecule has 3 nitrogen and oxygen atoms in total. The average Bonchev–Trinajstić information content (AvgIpc) is 2.10. The summed E-state index contributed by atoms with van der Waals surface area (Å²) in [4.78, 5) is 3.71. The van der Waals surface area contributed by atoms with Crippen molar-refractivity contribution in [3.8, 4) is 11.6 Å². The smallest absolute Gasteiger partial charge is 0.250 e. The molecule has 1 aromatic heterocycles. The first kappa shape index (κ1) is 8.77. The topological polar surface area (TPSA) is 31.4 Å². The third kappa shape index (κ3) is 1.32. The molecule has 1 heterocycles. The van der Waals surface area contributed by atoms with Crippen LogP contribution in [0.15, 0.2) is 6.20 Å². The van der Waals surface area contributed by atoms with Crippen LogP contribution in [0.4, 0.5) is 4.39 Å². The van der Waals surface area contributed by atoms with Crippen molar-refractivity contribution < 1.29 is 13.9 Å². The zero-order chi connectivity index (χ0) is 9.14. The zero-order valence-electron chi connectivity index (χ0n) is 7.22. The first-order valence-corrected chi connectivity index (χ1v) is 3.43. The lowest BCUT2D eigenvalue weighted by Crippen LogP contribution is -1.97. The normalized spacial score (nSPS) is 9.67. The number of hydrogen-bond acceptors (Lipinski definition) is 3. The number of aromatic nitrogens is 1. The molecule has 0 aliphatic rings. The molecule has 0 saturated heterocycles. The van der Waals surface area contributed by atoms with Crippen LogP contribution in [0.1, 0.15) is 5.56 Å². The van der Waals surface area contributed by atoms with Gasteiger partial charge in [-0.2, -0.15) is 0 Å². The molecule has 0 aliphatic heterocycles. The number of halogens is 1. The van der Waals surface area contributed by atoms with E-state index >= 15 is 0 Å². The highest BCUT2D eigenvalue weighted by molar-refractivity contribution is 5.35. The summed E-state index contributed by atoms with van der Waals surface area (Å²) in [7, 11) is 2.84. The van der Waals surface area contributed by atoms with E-state index in [1.165, 1.54) is 20.4 Å². The lowest BCUT2D eigenvalue weighted by atomic mass is 10.2.